The molecule has 0 unspecified atom stereocenters. The van der Waals surface area contributed by atoms with E-state index >= 15 is 0 Å². The van der Waals surface area contributed by atoms with Crippen molar-refractivity contribution in [2.75, 3.05) is 0 Å². The number of allylic oxidation sites excluding steroid dienone is 2. The highest BCUT2D eigenvalue weighted by atomic mass is 32.2. The van der Waals surface area contributed by atoms with Crippen LogP contribution in [0.2, 0.25) is 0 Å². The second-order valence-electron chi connectivity index (χ2n) is 3.53. The van der Waals surface area contributed by atoms with Crippen LogP contribution >= 0.6 is 0 Å². The van der Waals surface area contributed by atoms with Crippen LogP contribution in [0.25, 0.3) is 0 Å². The fourth-order valence-corrected chi connectivity index (χ4v) is 2.21. The lowest BCUT2D eigenvalue weighted by molar-refractivity contribution is 0.0990. The average Bonchev–Trinajstić information content (AvgIpc) is 2.26. The Balaban J connectivity index is 2.91. The van der Waals surface area contributed by atoms with Crippen molar-refractivity contribution < 1.29 is 32.8 Å². The Morgan fingerprint density at radius 3 is 2.06 bits per heavy atom. The molecular weight excluding hydrogens is 264 g/mol. The number of phenols is 2. The molecule has 0 radical (unpaired) electrons. The molecule has 0 heterocycles. The summed E-state index contributed by atoms with van der Waals surface area (Å²) in [6.45, 7) is 0. The molecule has 0 saturated carbocycles. The van der Waals surface area contributed by atoms with Crippen molar-refractivity contribution in [3.8, 4) is 11.5 Å². The van der Waals surface area contributed by atoms with Gasteiger partial charge in [0, 0.05) is 5.56 Å². The first-order valence-electron chi connectivity index (χ1n) is 4.56. The van der Waals surface area contributed by atoms with Crippen molar-refractivity contribution in [1.29, 1.82) is 0 Å². The Morgan fingerprint density at radius 1 is 0.944 bits per heavy atom. The maximum atomic E-state index is 11.5. The van der Waals surface area contributed by atoms with Crippen molar-refractivity contribution in [2.45, 2.75) is 4.90 Å². The monoisotopic (exact) mass is 270 g/mol. The van der Waals surface area contributed by atoms with E-state index < -0.39 is 49.2 Å². The van der Waals surface area contributed by atoms with Gasteiger partial charge >= 0.3 is 0 Å². The number of aromatic hydroxyl groups is 2. The molecule has 1 aromatic rings. The van der Waals surface area contributed by atoms with Gasteiger partial charge in [0.1, 0.15) is 4.90 Å². The highest BCUT2D eigenvalue weighted by Crippen LogP contribution is 2.39. The number of rotatable bonds is 1. The average molecular weight is 270 g/mol. The largest absolute Gasteiger partial charge is 0.504 e. The molecule has 1 aliphatic carbocycles. The van der Waals surface area contributed by atoms with E-state index in [0.29, 0.717) is 6.07 Å². The second-order valence-corrected chi connectivity index (χ2v) is 4.92. The lowest BCUT2D eigenvalue weighted by atomic mass is 9.93. The van der Waals surface area contributed by atoms with Gasteiger partial charge in [0.2, 0.25) is 0 Å². The topological polar surface area (TPSA) is 129 Å². The zero-order chi connectivity index (χ0) is 13.7. The number of ketones is 2. The van der Waals surface area contributed by atoms with Crippen LogP contribution in [0.5, 0.6) is 11.5 Å². The fourth-order valence-electron chi connectivity index (χ4n) is 1.60. The van der Waals surface area contributed by atoms with E-state index in [1.807, 2.05) is 0 Å². The van der Waals surface area contributed by atoms with E-state index in [1.165, 1.54) is 0 Å². The third-order valence-corrected chi connectivity index (χ3v) is 3.28. The van der Waals surface area contributed by atoms with Crippen LogP contribution in [0.1, 0.15) is 20.7 Å². The first-order valence-corrected chi connectivity index (χ1v) is 6.00. The first kappa shape index (κ1) is 12.3. The molecule has 0 spiro atoms. The van der Waals surface area contributed by atoms with Gasteiger partial charge in [-0.15, -0.1) is 0 Å². The van der Waals surface area contributed by atoms with Gasteiger partial charge in [-0.05, 0) is 18.2 Å². The SMILES string of the molecule is O=C1C=CC(=O)c2c1cc(S(=O)(=O)O)c(O)c2O. The number of phenolic OH excluding ortho intramolecular Hbond substituents is 2. The zero-order valence-electron chi connectivity index (χ0n) is 8.61. The summed E-state index contributed by atoms with van der Waals surface area (Å²) in [7, 11) is -4.83. The summed E-state index contributed by atoms with van der Waals surface area (Å²) in [5.74, 6) is -3.69. The minimum Gasteiger partial charge on any atom is -0.504 e. The molecule has 1 aromatic carbocycles. The Labute approximate surface area is 101 Å². The van der Waals surface area contributed by atoms with E-state index in [0.717, 1.165) is 12.2 Å². The number of carbonyl (C=O) groups excluding carboxylic acids is 2. The molecule has 18 heavy (non-hydrogen) atoms. The van der Waals surface area contributed by atoms with Gasteiger partial charge < -0.3 is 10.2 Å². The quantitative estimate of drug-likeness (QED) is 0.493. The number of hydrogen-bond donors (Lipinski definition) is 3. The van der Waals surface area contributed by atoms with Gasteiger partial charge in [0.15, 0.2) is 23.1 Å². The van der Waals surface area contributed by atoms with Crippen LogP contribution in [0.4, 0.5) is 0 Å². The van der Waals surface area contributed by atoms with Crippen LogP contribution in [0.3, 0.4) is 0 Å². The Kier molecular flexibility index (Phi) is 2.49. The van der Waals surface area contributed by atoms with E-state index in [2.05, 4.69) is 0 Å². The van der Waals surface area contributed by atoms with E-state index in [1.54, 1.807) is 0 Å². The molecule has 3 N–H and O–H groups in total. The minimum atomic E-state index is -4.83. The molecule has 0 fully saturated rings. The molecule has 2 rings (SSSR count). The molecular formula is C10H6O7S. The van der Waals surface area contributed by atoms with Crippen molar-refractivity contribution in [3.63, 3.8) is 0 Å². The molecule has 0 aromatic heterocycles. The summed E-state index contributed by atoms with van der Waals surface area (Å²) >= 11 is 0. The predicted molar refractivity (Wildman–Crippen MR) is 57.4 cm³/mol. The number of benzene rings is 1. The molecule has 1 aliphatic rings. The molecule has 0 aliphatic heterocycles. The van der Waals surface area contributed by atoms with E-state index in [9.17, 15) is 28.2 Å². The van der Waals surface area contributed by atoms with Gasteiger partial charge in [-0.2, -0.15) is 8.42 Å². The maximum absolute atomic E-state index is 11.5. The van der Waals surface area contributed by atoms with Crippen molar-refractivity contribution in [2.24, 2.45) is 0 Å². The highest BCUT2D eigenvalue weighted by molar-refractivity contribution is 7.86. The molecule has 0 atom stereocenters. The van der Waals surface area contributed by atoms with Gasteiger partial charge in [-0.25, -0.2) is 0 Å². The fraction of sp³-hybridized carbons (Fsp3) is 0. The lowest BCUT2D eigenvalue weighted by Crippen LogP contribution is -2.13. The molecule has 0 saturated heterocycles. The van der Waals surface area contributed by atoms with E-state index in [-0.39, 0.29) is 0 Å². The standard InChI is InChI=1S/C10H6O7S/c11-5-1-2-6(12)8-4(5)3-7(18(15,16)17)9(13)10(8)14/h1-3,13-14H,(H,15,16,17). The molecule has 8 heteroatoms. The van der Waals surface area contributed by atoms with Crippen molar-refractivity contribution >= 4 is 21.7 Å². The highest BCUT2D eigenvalue weighted by Gasteiger charge is 2.30. The Bertz CT molecular complexity index is 712. The molecule has 0 amide bonds. The van der Waals surface area contributed by atoms with Crippen molar-refractivity contribution in [3.05, 3.63) is 29.3 Å². The first-order chi connectivity index (χ1) is 8.23. The maximum Gasteiger partial charge on any atom is 0.298 e. The number of carbonyl (C=O) groups is 2. The van der Waals surface area contributed by atoms with E-state index in [4.69, 9.17) is 4.55 Å². The summed E-state index contributed by atoms with van der Waals surface area (Å²) in [4.78, 5) is 21.9. The van der Waals surface area contributed by atoms with Crippen LogP contribution in [0, 0.1) is 0 Å². The molecule has 94 valence electrons. The normalized spacial score (nSPS) is 14.7. The zero-order valence-corrected chi connectivity index (χ0v) is 9.43. The summed E-state index contributed by atoms with van der Waals surface area (Å²) in [5.41, 5.74) is -0.891. The molecule has 0 bridgehead atoms. The van der Waals surface area contributed by atoms with Crippen molar-refractivity contribution in [1.82, 2.24) is 0 Å². The van der Waals surface area contributed by atoms with Gasteiger partial charge in [0.05, 0.1) is 5.56 Å². The lowest BCUT2D eigenvalue weighted by Gasteiger charge is -2.13. The third-order valence-electron chi connectivity index (χ3n) is 2.42. The second kappa shape index (κ2) is 3.65. The predicted octanol–water partition coefficient (Wildman–Crippen LogP) is 0.280. The van der Waals surface area contributed by atoms with Gasteiger partial charge in [-0.3, -0.25) is 14.1 Å². The Morgan fingerprint density at radius 2 is 1.50 bits per heavy atom. The Hall–Kier alpha value is -2.19. The number of hydrogen-bond acceptors (Lipinski definition) is 6. The van der Waals surface area contributed by atoms with Gasteiger partial charge in [0.25, 0.3) is 10.1 Å². The summed E-state index contributed by atoms with van der Waals surface area (Å²) in [5, 5.41) is 19.0. The number of fused-ring (bicyclic) bond motifs is 1. The van der Waals surface area contributed by atoms with Crippen LogP contribution in [0.15, 0.2) is 23.1 Å². The third kappa shape index (κ3) is 1.67. The van der Waals surface area contributed by atoms with Crippen LogP contribution in [-0.2, 0) is 10.1 Å². The van der Waals surface area contributed by atoms with Gasteiger partial charge in [-0.1, -0.05) is 0 Å². The minimum absolute atomic E-state index is 0.398. The summed E-state index contributed by atoms with van der Waals surface area (Å²) in [6, 6.07) is 0.642. The smallest absolute Gasteiger partial charge is 0.298 e. The summed E-state index contributed by atoms with van der Waals surface area (Å²) < 4.78 is 30.7. The van der Waals surface area contributed by atoms with Crippen LogP contribution < -0.4 is 0 Å². The molecule has 7 nitrogen and oxygen atoms in total. The van der Waals surface area contributed by atoms with Crippen LogP contribution in [-0.4, -0.2) is 34.8 Å². The summed E-state index contributed by atoms with van der Waals surface area (Å²) in [6.07, 6.45) is 1.78.